The number of carbonyl (C=O) groups is 1. The molecule has 0 unspecified atom stereocenters. The molecule has 1 aromatic rings. The molecule has 0 aliphatic heterocycles. The number of nitro benzene ring substituents is 1. The van der Waals surface area contributed by atoms with Crippen molar-refractivity contribution in [3.05, 3.63) is 34.4 Å². The van der Waals surface area contributed by atoms with Crippen molar-refractivity contribution < 1.29 is 9.72 Å². The Balaban J connectivity index is 2.03. The Hall–Kier alpha value is -1.91. The van der Waals surface area contributed by atoms with Gasteiger partial charge in [-0.3, -0.25) is 14.9 Å². The van der Waals surface area contributed by atoms with E-state index < -0.39 is 4.92 Å². The average Bonchev–Trinajstić information content (AvgIpc) is 2.33. The van der Waals surface area contributed by atoms with Crippen LogP contribution >= 0.6 is 0 Å². The largest absolute Gasteiger partial charge is 0.375 e. The number of nitrogens with zero attached hydrogens (tertiary/aromatic N) is 1. The number of rotatable bonds is 3. The fourth-order valence-electron chi connectivity index (χ4n) is 2.02. The average molecular weight is 234 g/mol. The number of carbonyl (C=O) groups excluding carboxylic acids is 1. The van der Waals surface area contributed by atoms with Crippen LogP contribution in [0.5, 0.6) is 0 Å². The van der Waals surface area contributed by atoms with Gasteiger partial charge in [-0.05, 0) is 25.0 Å². The minimum atomic E-state index is -0.435. The summed E-state index contributed by atoms with van der Waals surface area (Å²) in [4.78, 5) is 21.7. The Morgan fingerprint density at radius 1 is 1.24 bits per heavy atom. The van der Waals surface area contributed by atoms with Crippen LogP contribution in [0.4, 0.5) is 11.4 Å². The van der Waals surface area contributed by atoms with Crippen molar-refractivity contribution in [2.24, 2.45) is 0 Å². The monoisotopic (exact) mass is 234 g/mol. The molecule has 0 saturated heterocycles. The van der Waals surface area contributed by atoms with E-state index in [4.69, 9.17) is 0 Å². The highest BCUT2D eigenvalue weighted by Gasteiger charge is 2.21. The summed E-state index contributed by atoms with van der Waals surface area (Å²) < 4.78 is 0. The smallest absolute Gasteiger partial charge is 0.269 e. The lowest BCUT2D eigenvalue weighted by atomic mass is 9.94. The van der Waals surface area contributed by atoms with Gasteiger partial charge in [0.25, 0.3) is 5.69 Å². The molecule has 0 bridgehead atoms. The standard InChI is InChI=1S/C12H14N2O3/c15-12-4-2-1-3-11(12)13-9-5-7-10(8-6-9)14(16)17/h5-8,11,13H,1-4H2/t11-/m1/s1. The predicted octanol–water partition coefficient (Wildman–Crippen LogP) is 2.52. The molecule has 0 amide bonds. The lowest BCUT2D eigenvalue weighted by Gasteiger charge is -2.22. The van der Waals surface area contributed by atoms with Crippen LogP contribution in [0.25, 0.3) is 0 Å². The zero-order valence-electron chi connectivity index (χ0n) is 9.39. The number of non-ortho nitro benzene ring substituents is 1. The number of benzene rings is 1. The van der Waals surface area contributed by atoms with Crippen LogP contribution < -0.4 is 5.32 Å². The first-order chi connectivity index (χ1) is 8.16. The Kier molecular flexibility index (Phi) is 3.37. The van der Waals surface area contributed by atoms with Crippen LogP contribution in [0.15, 0.2) is 24.3 Å². The van der Waals surface area contributed by atoms with E-state index in [1.807, 2.05) is 0 Å². The van der Waals surface area contributed by atoms with Crippen LogP contribution in [0, 0.1) is 10.1 Å². The topological polar surface area (TPSA) is 72.2 Å². The maximum Gasteiger partial charge on any atom is 0.269 e. The quantitative estimate of drug-likeness (QED) is 0.644. The van der Waals surface area contributed by atoms with Gasteiger partial charge in [0.1, 0.15) is 0 Å². The first-order valence-electron chi connectivity index (χ1n) is 5.70. The van der Waals surface area contributed by atoms with E-state index in [1.54, 1.807) is 12.1 Å². The lowest BCUT2D eigenvalue weighted by molar-refractivity contribution is -0.384. The molecule has 1 atom stereocenters. The highest BCUT2D eigenvalue weighted by atomic mass is 16.6. The van der Waals surface area contributed by atoms with Crippen molar-refractivity contribution in [1.29, 1.82) is 0 Å². The van der Waals surface area contributed by atoms with Crippen molar-refractivity contribution >= 4 is 17.2 Å². The van der Waals surface area contributed by atoms with Gasteiger partial charge in [0.05, 0.1) is 11.0 Å². The van der Waals surface area contributed by atoms with Gasteiger partial charge in [0.2, 0.25) is 0 Å². The number of anilines is 1. The van der Waals surface area contributed by atoms with Crippen LogP contribution in [0.1, 0.15) is 25.7 Å². The highest BCUT2D eigenvalue weighted by Crippen LogP contribution is 2.21. The van der Waals surface area contributed by atoms with Gasteiger partial charge in [-0.1, -0.05) is 6.42 Å². The fourth-order valence-corrected chi connectivity index (χ4v) is 2.02. The van der Waals surface area contributed by atoms with E-state index in [0.717, 1.165) is 24.9 Å². The summed E-state index contributed by atoms with van der Waals surface area (Å²) in [6.07, 6.45) is 3.49. The normalized spacial score (nSPS) is 20.0. The van der Waals surface area contributed by atoms with Gasteiger partial charge in [-0.25, -0.2) is 0 Å². The summed E-state index contributed by atoms with van der Waals surface area (Å²) in [6, 6.07) is 6.02. The van der Waals surface area contributed by atoms with Crippen molar-refractivity contribution in [2.75, 3.05) is 5.32 Å². The fraction of sp³-hybridized carbons (Fsp3) is 0.417. The second-order valence-electron chi connectivity index (χ2n) is 4.21. The molecule has 90 valence electrons. The summed E-state index contributed by atoms with van der Waals surface area (Å²) in [6.45, 7) is 0. The molecule has 0 spiro atoms. The molecule has 1 aliphatic carbocycles. The van der Waals surface area contributed by atoms with Gasteiger partial charge < -0.3 is 5.32 Å². The summed E-state index contributed by atoms with van der Waals surface area (Å²) in [5.41, 5.74) is 0.821. The van der Waals surface area contributed by atoms with Gasteiger partial charge in [-0.15, -0.1) is 0 Å². The number of Topliss-reactive ketones (excluding diaryl/α,β-unsaturated/α-hetero) is 1. The Morgan fingerprint density at radius 2 is 1.94 bits per heavy atom. The van der Waals surface area contributed by atoms with E-state index in [1.165, 1.54) is 12.1 Å². The number of ketones is 1. The summed E-state index contributed by atoms with van der Waals surface area (Å²) in [7, 11) is 0. The highest BCUT2D eigenvalue weighted by molar-refractivity contribution is 5.87. The Bertz CT molecular complexity index is 428. The van der Waals surface area contributed by atoms with Crippen LogP contribution in [0.2, 0.25) is 0 Å². The summed E-state index contributed by atoms with van der Waals surface area (Å²) >= 11 is 0. The van der Waals surface area contributed by atoms with Crippen molar-refractivity contribution in [3.63, 3.8) is 0 Å². The molecule has 1 aromatic carbocycles. The maximum absolute atomic E-state index is 11.6. The van der Waals surface area contributed by atoms with Crippen molar-refractivity contribution in [3.8, 4) is 0 Å². The molecule has 0 heterocycles. The predicted molar refractivity (Wildman–Crippen MR) is 64.0 cm³/mol. The molecule has 5 heteroatoms. The van der Waals surface area contributed by atoms with Crippen LogP contribution in [0.3, 0.4) is 0 Å². The maximum atomic E-state index is 11.6. The molecule has 1 saturated carbocycles. The third-order valence-corrected chi connectivity index (χ3v) is 2.97. The summed E-state index contributed by atoms with van der Waals surface area (Å²) in [5, 5.41) is 13.6. The molecule has 1 N–H and O–H groups in total. The van der Waals surface area contributed by atoms with Gasteiger partial charge in [0, 0.05) is 24.2 Å². The Labute approximate surface area is 99.0 Å². The van der Waals surface area contributed by atoms with Crippen LogP contribution in [-0.2, 0) is 4.79 Å². The molecule has 1 aliphatic rings. The van der Waals surface area contributed by atoms with E-state index in [2.05, 4.69) is 5.32 Å². The van der Waals surface area contributed by atoms with Gasteiger partial charge in [0.15, 0.2) is 5.78 Å². The van der Waals surface area contributed by atoms with E-state index in [0.29, 0.717) is 6.42 Å². The molecule has 2 rings (SSSR count). The molecule has 1 fully saturated rings. The number of nitro groups is 1. The van der Waals surface area contributed by atoms with Gasteiger partial charge >= 0.3 is 0 Å². The molecular weight excluding hydrogens is 220 g/mol. The van der Waals surface area contributed by atoms with Crippen LogP contribution in [-0.4, -0.2) is 16.7 Å². The SMILES string of the molecule is O=C1CCCC[C@H]1Nc1ccc([N+](=O)[O-])cc1. The third kappa shape index (κ3) is 2.81. The minimum Gasteiger partial charge on any atom is -0.375 e. The Morgan fingerprint density at radius 3 is 2.53 bits per heavy atom. The zero-order valence-corrected chi connectivity index (χ0v) is 9.39. The zero-order chi connectivity index (χ0) is 12.3. The van der Waals surface area contributed by atoms with E-state index >= 15 is 0 Å². The number of hydrogen-bond donors (Lipinski definition) is 1. The third-order valence-electron chi connectivity index (χ3n) is 2.97. The second kappa shape index (κ2) is 4.95. The number of nitrogens with one attached hydrogen (secondary N) is 1. The molecule has 5 nitrogen and oxygen atoms in total. The van der Waals surface area contributed by atoms with Crippen molar-refractivity contribution in [1.82, 2.24) is 0 Å². The first-order valence-corrected chi connectivity index (χ1v) is 5.70. The molecular formula is C12H14N2O3. The van der Waals surface area contributed by atoms with E-state index in [-0.39, 0.29) is 17.5 Å². The molecule has 17 heavy (non-hydrogen) atoms. The van der Waals surface area contributed by atoms with Crippen molar-refractivity contribution in [2.45, 2.75) is 31.7 Å². The molecule has 0 radical (unpaired) electrons. The first kappa shape index (κ1) is 11.6. The summed E-state index contributed by atoms with van der Waals surface area (Å²) in [5.74, 6) is 0.231. The second-order valence-corrected chi connectivity index (χ2v) is 4.21. The molecule has 0 aromatic heterocycles. The van der Waals surface area contributed by atoms with E-state index in [9.17, 15) is 14.9 Å². The van der Waals surface area contributed by atoms with Gasteiger partial charge in [-0.2, -0.15) is 0 Å². The number of hydrogen-bond acceptors (Lipinski definition) is 4. The lowest BCUT2D eigenvalue weighted by Crippen LogP contribution is -2.32. The minimum absolute atomic E-state index is 0.0607.